The van der Waals surface area contributed by atoms with Crippen LogP contribution in [-0.4, -0.2) is 0 Å². The molecule has 3 aliphatic rings. The van der Waals surface area contributed by atoms with Gasteiger partial charge in [-0.25, -0.2) is 0 Å². The predicted octanol–water partition coefficient (Wildman–Crippen LogP) is 3.94. The SMILES string of the molecule is CC1=CC=C[C@]23C=C[C@@]12c1ccccc1CC3. The quantitative estimate of drug-likeness (QED) is 0.581. The first kappa shape index (κ1) is 9.47. The summed E-state index contributed by atoms with van der Waals surface area (Å²) in [5.41, 5.74) is 5.02. The molecule has 0 aromatic heterocycles. The van der Waals surface area contributed by atoms with E-state index < -0.39 is 0 Å². The van der Waals surface area contributed by atoms with Gasteiger partial charge in [-0.1, -0.05) is 60.2 Å². The Kier molecular flexibility index (Phi) is 1.57. The highest BCUT2D eigenvalue weighted by Crippen LogP contribution is 2.63. The zero-order valence-corrected chi connectivity index (χ0v) is 10.1. The second kappa shape index (κ2) is 2.81. The third-order valence-electron chi connectivity index (χ3n) is 4.98. The van der Waals surface area contributed by atoms with Crippen LogP contribution >= 0.6 is 0 Å². The van der Waals surface area contributed by atoms with Crippen LogP contribution in [0.2, 0.25) is 0 Å². The molecule has 0 nitrogen and oxygen atoms in total. The van der Waals surface area contributed by atoms with Crippen LogP contribution in [0.5, 0.6) is 0 Å². The van der Waals surface area contributed by atoms with E-state index in [0.717, 1.165) is 0 Å². The molecule has 2 atom stereocenters. The topological polar surface area (TPSA) is 0 Å². The van der Waals surface area contributed by atoms with E-state index in [0.29, 0.717) is 0 Å². The summed E-state index contributed by atoms with van der Waals surface area (Å²) in [4.78, 5) is 0. The molecule has 0 amide bonds. The van der Waals surface area contributed by atoms with Gasteiger partial charge >= 0.3 is 0 Å². The van der Waals surface area contributed by atoms with Crippen LogP contribution in [0.4, 0.5) is 0 Å². The number of fused-ring (bicyclic) bond motifs is 1. The summed E-state index contributed by atoms with van der Waals surface area (Å²) in [5.74, 6) is 0. The Balaban J connectivity index is 2.06. The molecule has 0 heteroatoms. The summed E-state index contributed by atoms with van der Waals surface area (Å²) in [6, 6.07) is 8.97. The maximum absolute atomic E-state index is 2.42. The normalized spacial score (nSPS) is 36.4. The Bertz CT molecular complexity index is 588. The highest BCUT2D eigenvalue weighted by atomic mass is 14.6. The third kappa shape index (κ3) is 0.878. The molecule has 0 fully saturated rings. The molecule has 0 N–H and O–H groups in total. The summed E-state index contributed by atoms with van der Waals surface area (Å²) in [6.07, 6.45) is 14.2. The van der Waals surface area contributed by atoms with Gasteiger partial charge in [0, 0.05) is 10.8 Å². The Labute approximate surface area is 102 Å². The zero-order chi connectivity index (χ0) is 11.5. The van der Waals surface area contributed by atoms with E-state index in [2.05, 4.69) is 61.6 Å². The number of benzene rings is 1. The number of rotatable bonds is 0. The minimum Gasteiger partial charge on any atom is -0.0758 e. The molecule has 1 aromatic carbocycles. The second-order valence-electron chi connectivity index (χ2n) is 5.55. The molecule has 0 unspecified atom stereocenters. The van der Waals surface area contributed by atoms with Gasteiger partial charge in [-0.05, 0) is 30.9 Å². The summed E-state index contributed by atoms with van der Waals surface area (Å²) < 4.78 is 0. The van der Waals surface area contributed by atoms with Crippen LogP contribution in [0.15, 0.2) is 60.2 Å². The molecule has 0 heterocycles. The van der Waals surface area contributed by atoms with E-state index in [4.69, 9.17) is 0 Å². The van der Waals surface area contributed by atoms with Crippen molar-refractivity contribution in [1.29, 1.82) is 0 Å². The summed E-state index contributed by atoms with van der Waals surface area (Å²) in [6.45, 7) is 2.28. The lowest BCUT2D eigenvalue weighted by atomic mass is 9.44. The average Bonchev–Trinajstić information content (AvgIpc) is 2.32. The number of hydrogen-bond donors (Lipinski definition) is 0. The number of allylic oxidation sites excluding steroid dienone is 6. The maximum atomic E-state index is 2.42. The molecule has 0 saturated carbocycles. The lowest BCUT2D eigenvalue weighted by Crippen LogP contribution is -2.53. The minimum atomic E-state index is 0.177. The fourth-order valence-electron chi connectivity index (χ4n) is 4.03. The predicted molar refractivity (Wildman–Crippen MR) is 70.9 cm³/mol. The van der Waals surface area contributed by atoms with Crippen molar-refractivity contribution in [3.8, 4) is 0 Å². The average molecular weight is 220 g/mol. The molecule has 0 aliphatic heterocycles. The monoisotopic (exact) mass is 220 g/mol. The van der Waals surface area contributed by atoms with Gasteiger partial charge in [0.25, 0.3) is 0 Å². The number of hydrogen-bond acceptors (Lipinski definition) is 0. The van der Waals surface area contributed by atoms with Gasteiger partial charge in [0.05, 0.1) is 0 Å². The van der Waals surface area contributed by atoms with Gasteiger partial charge in [-0.15, -0.1) is 0 Å². The standard InChI is InChI=1S/C17H16/c1-13-5-4-9-16-10-8-14-6-2-3-7-15(14)17(13,16)12-11-16/h2-7,9,11-12H,8,10H2,1H3/t16-,17-/m0/s1. The highest BCUT2D eigenvalue weighted by Gasteiger charge is 2.57. The van der Waals surface area contributed by atoms with E-state index in [1.807, 2.05) is 0 Å². The molecular formula is C17H16. The summed E-state index contributed by atoms with van der Waals surface area (Å²) >= 11 is 0. The fraction of sp³-hybridized carbons (Fsp3) is 0.294. The Hall–Kier alpha value is -1.56. The van der Waals surface area contributed by atoms with Crippen LogP contribution < -0.4 is 0 Å². The lowest BCUT2D eigenvalue weighted by Gasteiger charge is -2.58. The van der Waals surface area contributed by atoms with Crippen molar-refractivity contribution in [2.45, 2.75) is 25.2 Å². The van der Waals surface area contributed by atoms with Crippen molar-refractivity contribution < 1.29 is 0 Å². The molecule has 0 radical (unpaired) electrons. The molecule has 1 aromatic rings. The van der Waals surface area contributed by atoms with Gasteiger partial charge in [0.1, 0.15) is 0 Å². The first-order chi connectivity index (χ1) is 8.29. The van der Waals surface area contributed by atoms with Crippen molar-refractivity contribution in [2.24, 2.45) is 5.41 Å². The van der Waals surface area contributed by atoms with Gasteiger partial charge < -0.3 is 0 Å². The third-order valence-corrected chi connectivity index (χ3v) is 4.98. The lowest BCUT2D eigenvalue weighted by molar-refractivity contribution is 0.248. The van der Waals surface area contributed by atoms with Crippen LogP contribution in [0.1, 0.15) is 24.5 Å². The molecule has 0 bridgehead atoms. The maximum Gasteiger partial charge on any atom is 0.0470 e. The van der Waals surface area contributed by atoms with E-state index in [-0.39, 0.29) is 10.8 Å². The fourth-order valence-corrected chi connectivity index (χ4v) is 4.03. The molecule has 4 rings (SSSR count). The van der Waals surface area contributed by atoms with Gasteiger partial charge in [0.2, 0.25) is 0 Å². The molecule has 0 saturated heterocycles. The van der Waals surface area contributed by atoms with E-state index >= 15 is 0 Å². The van der Waals surface area contributed by atoms with Crippen LogP contribution in [0, 0.1) is 5.41 Å². The van der Waals surface area contributed by atoms with Gasteiger partial charge in [-0.3, -0.25) is 0 Å². The summed E-state index contributed by atoms with van der Waals surface area (Å²) in [5, 5.41) is 0. The van der Waals surface area contributed by atoms with Crippen LogP contribution in [-0.2, 0) is 11.8 Å². The largest absolute Gasteiger partial charge is 0.0758 e. The van der Waals surface area contributed by atoms with Crippen molar-refractivity contribution >= 4 is 0 Å². The van der Waals surface area contributed by atoms with Gasteiger partial charge in [-0.2, -0.15) is 0 Å². The Morgan fingerprint density at radius 3 is 2.76 bits per heavy atom. The first-order valence-corrected chi connectivity index (χ1v) is 6.44. The first-order valence-electron chi connectivity index (χ1n) is 6.44. The molecular weight excluding hydrogens is 204 g/mol. The van der Waals surface area contributed by atoms with Crippen molar-refractivity contribution in [3.05, 3.63) is 71.3 Å². The molecule has 0 spiro atoms. The highest BCUT2D eigenvalue weighted by molar-refractivity contribution is 5.62. The van der Waals surface area contributed by atoms with Crippen LogP contribution in [0.25, 0.3) is 0 Å². The minimum absolute atomic E-state index is 0.177. The van der Waals surface area contributed by atoms with Crippen LogP contribution in [0.3, 0.4) is 0 Å². The molecule has 3 aliphatic carbocycles. The smallest absolute Gasteiger partial charge is 0.0470 e. The molecule has 84 valence electrons. The van der Waals surface area contributed by atoms with E-state index in [1.165, 1.54) is 29.5 Å². The van der Waals surface area contributed by atoms with E-state index in [1.54, 1.807) is 0 Å². The van der Waals surface area contributed by atoms with Crippen molar-refractivity contribution in [3.63, 3.8) is 0 Å². The molecule has 17 heavy (non-hydrogen) atoms. The van der Waals surface area contributed by atoms with E-state index in [9.17, 15) is 0 Å². The zero-order valence-electron chi connectivity index (χ0n) is 10.1. The van der Waals surface area contributed by atoms with Gasteiger partial charge in [0.15, 0.2) is 0 Å². The van der Waals surface area contributed by atoms with Crippen molar-refractivity contribution in [2.75, 3.05) is 0 Å². The second-order valence-corrected chi connectivity index (χ2v) is 5.55. The van der Waals surface area contributed by atoms with Crippen molar-refractivity contribution in [1.82, 2.24) is 0 Å². The summed E-state index contributed by atoms with van der Waals surface area (Å²) in [7, 11) is 0. The number of aryl methyl sites for hydroxylation is 1. The Morgan fingerprint density at radius 1 is 1.06 bits per heavy atom. The Morgan fingerprint density at radius 2 is 1.94 bits per heavy atom.